The lowest BCUT2D eigenvalue weighted by Gasteiger charge is -2.07. The van der Waals surface area contributed by atoms with Crippen molar-refractivity contribution in [1.82, 2.24) is 5.32 Å². The zero-order valence-electron chi connectivity index (χ0n) is 9.77. The molecule has 0 fully saturated rings. The molecule has 0 aliphatic rings. The minimum absolute atomic E-state index is 0.251. The van der Waals surface area contributed by atoms with Gasteiger partial charge in [-0.1, -0.05) is 11.6 Å². The molecule has 4 nitrogen and oxygen atoms in total. The lowest BCUT2D eigenvalue weighted by Crippen LogP contribution is -2.22. The van der Waals surface area contributed by atoms with Crippen LogP contribution in [0.4, 0.5) is 0 Å². The van der Waals surface area contributed by atoms with Crippen LogP contribution in [0.25, 0.3) is 0 Å². The predicted molar refractivity (Wildman–Crippen MR) is 67.9 cm³/mol. The SMILES string of the molecule is COc1ccc(C(=O)NCc2ccco2)c(Cl)c1. The van der Waals surface area contributed by atoms with Crippen LogP contribution < -0.4 is 10.1 Å². The Morgan fingerprint density at radius 3 is 2.89 bits per heavy atom. The monoisotopic (exact) mass is 265 g/mol. The van der Waals surface area contributed by atoms with Crippen molar-refractivity contribution < 1.29 is 13.9 Å². The zero-order valence-corrected chi connectivity index (χ0v) is 10.5. The molecule has 0 aliphatic heterocycles. The molecular weight excluding hydrogens is 254 g/mol. The van der Waals surface area contributed by atoms with E-state index in [0.29, 0.717) is 28.6 Å². The summed E-state index contributed by atoms with van der Waals surface area (Å²) in [5.74, 6) is 1.05. The molecule has 1 aromatic heterocycles. The molecular formula is C13H12ClNO3. The minimum Gasteiger partial charge on any atom is -0.497 e. The smallest absolute Gasteiger partial charge is 0.253 e. The molecule has 94 valence electrons. The fourth-order valence-corrected chi connectivity index (χ4v) is 1.74. The van der Waals surface area contributed by atoms with Gasteiger partial charge in [-0.3, -0.25) is 4.79 Å². The molecule has 0 aliphatic carbocycles. The predicted octanol–water partition coefficient (Wildman–Crippen LogP) is 2.87. The Hall–Kier alpha value is -1.94. The van der Waals surface area contributed by atoms with Crippen LogP contribution in [0.3, 0.4) is 0 Å². The van der Waals surface area contributed by atoms with Crippen LogP contribution in [0.1, 0.15) is 16.1 Å². The second kappa shape index (κ2) is 5.60. The second-order valence-corrected chi connectivity index (χ2v) is 4.02. The van der Waals surface area contributed by atoms with E-state index >= 15 is 0 Å². The quantitative estimate of drug-likeness (QED) is 0.925. The highest BCUT2D eigenvalue weighted by Crippen LogP contribution is 2.22. The van der Waals surface area contributed by atoms with Gasteiger partial charge in [0.05, 0.1) is 30.5 Å². The van der Waals surface area contributed by atoms with Crippen LogP contribution >= 0.6 is 11.6 Å². The Labute approximate surface area is 110 Å². The van der Waals surface area contributed by atoms with Gasteiger partial charge in [0.1, 0.15) is 11.5 Å². The summed E-state index contributed by atoms with van der Waals surface area (Å²) in [5.41, 5.74) is 0.407. The first kappa shape index (κ1) is 12.5. The highest BCUT2D eigenvalue weighted by molar-refractivity contribution is 6.34. The maximum absolute atomic E-state index is 11.9. The highest BCUT2D eigenvalue weighted by atomic mass is 35.5. The first-order valence-corrected chi connectivity index (χ1v) is 5.72. The van der Waals surface area contributed by atoms with Crippen molar-refractivity contribution in [1.29, 1.82) is 0 Å². The van der Waals surface area contributed by atoms with Crippen LogP contribution in [-0.4, -0.2) is 13.0 Å². The van der Waals surface area contributed by atoms with Crippen LogP contribution in [0.5, 0.6) is 5.75 Å². The molecule has 1 amide bonds. The molecule has 18 heavy (non-hydrogen) atoms. The third-order valence-corrected chi connectivity index (χ3v) is 2.74. The third kappa shape index (κ3) is 2.84. The molecule has 0 spiro atoms. The lowest BCUT2D eigenvalue weighted by atomic mass is 10.2. The molecule has 5 heteroatoms. The zero-order chi connectivity index (χ0) is 13.0. The summed E-state index contributed by atoms with van der Waals surface area (Å²) in [6.07, 6.45) is 1.56. The number of rotatable bonds is 4. The number of carbonyl (C=O) groups is 1. The summed E-state index contributed by atoms with van der Waals surface area (Å²) < 4.78 is 10.1. The van der Waals surface area contributed by atoms with Gasteiger partial charge in [0.25, 0.3) is 5.91 Å². The van der Waals surface area contributed by atoms with Gasteiger partial charge >= 0.3 is 0 Å². The van der Waals surface area contributed by atoms with E-state index in [4.69, 9.17) is 20.8 Å². The molecule has 1 aromatic carbocycles. The van der Waals surface area contributed by atoms with Crippen LogP contribution in [0, 0.1) is 0 Å². The van der Waals surface area contributed by atoms with Crippen molar-refractivity contribution in [2.45, 2.75) is 6.54 Å². The number of nitrogens with one attached hydrogen (secondary N) is 1. The van der Waals surface area contributed by atoms with Crippen molar-refractivity contribution >= 4 is 17.5 Å². The van der Waals surface area contributed by atoms with Gasteiger partial charge in [-0.25, -0.2) is 0 Å². The number of benzene rings is 1. The van der Waals surface area contributed by atoms with E-state index < -0.39 is 0 Å². The number of furan rings is 1. The number of ether oxygens (including phenoxy) is 1. The molecule has 0 atom stereocenters. The number of amides is 1. The molecule has 1 heterocycles. The third-order valence-electron chi connectivity index (χ3n) is 2.42. The average molecular weight is 266 g/mol. The fourth-order valence-electron chi connectivity index (χ4n) is 1.48. The Bertz CT molecular complexity index is 537. The Kier molecular flexibility index (Phi) is 3.89. The van der Waals surface area contributed by atoms with Crippen LogP contribution in [-0.2, 0) is 6.54 Å². The maximum Gasteiger partial charge on any atom is 0.253 e. The summed E-state index contributed by atoms with van der Waals surface area (Å²) in [5, 5.41) is 3.07. The van der Waals surface area contributed by atoms with Gasteiger partial charge in [0, 0.05) is 0 Å². The minimum atomic E-state index is -0.251. The maximum atomic E-state index is 11.9. The van der Waals surface area contributed by atoms with Gasteiger partial charge in [-0.05, 0) is 30.3 Å². The summed E-state index contributed by atoms with van der Waals surface area (Å²) in [4.78, 5) is 11.9. The molecule has 0 saturated heterocycles. The first-order chi connectivity index (χ1) is 8.70. The van der Waals surface area contributed by atoms with E-state index in [0.717, 1.165) is 0 Å². The van der Waals surface area contributed by atoms with Crippen molar-refractivity contribution in [2.75, 3.05) is 7.11 Å². The van der Waals surface area contributed by atoms with Gasteiger partial charge in [-0.2, -0.15) is 0 Å². The number of hydrogen-bond donors (Lipinski definition) is 1. The van der Waals surface area contributed by atoms with Gasteiger partial charge < -0.3 is 14.5 Å². The molecule has 1 N–H and O–H groups in total. The molecule has 2 aromatic rings. The van der Waals surface area contributed by atoms with E-state index in [1.165, 1.54) is 0 Å². The lowest BCUT2D eigenvalue weighted by molar-refractivity contribution is 0.0948. The number of halogens is 1. The van der Waals surface area contributed by atoms with E-state index in [-0.39, 0.29) is 5.91 Å². The van der Waals surface area contributed by atoms with E-state index in [1.54, 1.807) is 43.7 Å². The summed E-state index contributed by atoms with van der Waals surface area (Å²) in [6, 6.07) is 8.47. The topological polar surface area (TPSA) is 51.5 Å². The van der Waals surface area contributed by atoms with Crippen molar-refractivity contribution in [3.63, 3.8) is 0 Å². The van der Waals surface area contributed by atoms with Gasteiger partial charge in [0.2, 0.25) is 0 Å². The van der Waals surface area contributed by atoms with Gasteiger partial charge in [0.15, 0.2) is 0 Å². The number of methoxy groups -OCH3 is 1. The van der Waals surface area contributed by atoms with Crippen molar-refractivity contribution in [3.05, 3.63) is 52.9 Å². The van der Waals surface area contributed by atoms with Crippen molar-refractivity contribution in [3.8, 4) is 5.75 Å². The number of hydrogen-bond acceptors (Lipinski definition) is 3. The average Bonchev–Trinajstić information content (AvgIpc) is 2.88. The standard InChI is InChI=1S/C13H12ClNO3/c1-17-9-4-5-11(12(14)7-9)13(16)15-8-10-3-2-6-18-10/h2-7H,8H2,1H3,(H,15,16). The molecule has 2 rings (SSSR count). The molecule has 0 radical (unpaired) electrons. The molecule has 0 bridgehead atoms. The highest BCUT2D eigenvalue weighted by Gasteiger charge is 2.11. The van der Waals surface area contributed by atoms with E-state index in [1.807, 2.05) is 0 Å². The van der Waals surface area contributed by atoms with E-state index in [2.05, 4.69) is 5.32 Å². The normalized spacial score (nSPS) is 10.1. The van der Waals surface area contributed by atoms with Crippen LogP contribution in [0.2, 0.25) is 5.02 Å². The summed E-state index contributed by atoms with van der Waals surface area (Å²) in [6.45, 7) is 0.328. The Morgan fingerprint density at radius 2 is 2.28 bits per heavy atom. The largest absolute Gasteiger partial charge is 0.497 e. The summed E-state index contributed by atoms with van der Waals surface area (Å²) in [7, 11) is 1.54. The second-order valence-electron chi connectivity index (χ2n) is 3.61. The van der Waals surface area contributed by atoms with E-state index in [9.17, 15) is 4.79 Å². The van der Waals surface area contributed by atoms with Crippen LogP contribution in [0.15, 0.2) is 41.0 Å². The molecule has 0 saturated carbocycles. The Balaban J connectivity index is 2.04. The van der Waals surface area contributed by atoms with Gasteiger partial charge in [-0.15, -0.1) is 0 Å². The first-order valence-electron chi connectivity index (χ1n) is 5.35. The Morgan fingerprint density at radius 1 is 1.44 bits per heavy atom. The van der Waals surface area contributed by atoms with Crippen molar-refractivity contribution in [2.24, 2.45) is 0 Å². The molecule has 0 unspecified atom stereocenters. The summed E-state index contributed by atoms with van der Waals surface area (Å²) >= 11 is 6.00. The number of carbonyl (C=O) groups excluding carboxylic acids is 1. The fraction of sp³-hybridized carbons (Fsp3) is 0.154.